The molecule has 1 heterocycles. The number of esters is 2. The lowest BCUT2D eigenvalue weighted by Crippen LogP contribution is -2.50. The van der Waals surface area contributed by atoms with Crippen molar-refractivity contribution >= 4 is 11.9 Å². The van der Waals surface area contributed by atoms with E-state index in [2.05, 4.69) is 6.58 Å². The van der Waals surface area contributed by atoms with Gasteiger partial charge in [-0.1, -0.05) is 42.5 Å². The Balaban J connectivity index is 2.70. The molecule has 0 bridgehead atoms. The van der Waals surface area contributed by atoms with Crippen LogP contribution in [0.4, 0.5) is 0 Å². The van der Waals surface area contributed by atoms with Crippen molar-refractivity contribution in [2.45, 2.75) is 39.6 Å². The summed E-state index contributed by atoms with van der Waals surface area (Å²) in [4.78, 5) is 26.3. The van der Waals surface area contributed by atoms with E-state index in [9.17, 15) is 9.59 Å². The molecule has 1 aromatic carbocycles. The van der Waals surface area contributed by atoms with Crippen molar-refractivity contribution in [1.29, 1.82) is 0 Å². The first-order valence-electron chi connectivity index (χ1n) is 9.55. The third kappa shape index (κ3) is 4.03. The van der Waals surface area contributed by atoms with Gasteiger partial charge < -0.3 is 18.9 Å². The molecule has 0 amide bonds. The van der Waals surface area contributed by atoms with Crippen molar-refractivity contribution in [3.05, 3.63) is 60.2 Å². The standard InChI is InChI=1S/C22H28O6/c1-5-9-15-17-18(16-13-11-10-12-14-16)28-21(27-8-4)22(17,19(23)25-6-2)20(24)26-7-3/h5,10-15,18,21H,1,6-9H2,2-4H3/b17-15+. The highest BCUT2D eigenvalue weighted by Crippen LogP contribution is 2.52. The van der Waals surface area contributed by atoms with Gasteiger partial charge in [0.25, 0.3) is 0 Å². The maximum atomic E-state index is 13.2. The van der Waals surface area contributed by atoms with Gasteiger partial charge in [0.2, 0.25) is 5.41 Å². The van der Waals surface area contributed by atoms with Gasteiger partial charge >= 0.3 is 11.9 Å². The molecule has 1 saturated heterocycles. The minimum absolute atomic E-state index is 0.115. The van der Waals surface area contributed by atoms with Crippen molar-refractivity contribution in [2.75, 3.05) is 19.8 Å². The van der Waals surface area contributed by atoms with Crippen molar-refractivity contribution in [1.82, 2.24) is 0 Å². The second kappa shape index (κ2) is 10.2. The van der Waals surface area contributed by atoms with Crippen molar-refractivity contribution in [2.24, 2.45) is 5.41 Å². The van der Waals surface area contributed by atoms with E-state index >= 15 is 0 Å². The van der Waals surface area contributed by atoms with E-state index in [-0.39, 0.29) is 19.8 Å². The van der Waals surface area contributed by atoms with Crippen LogP contribution in [0.25, 0.3) is 0 Å². The van der Waals surface area contributed by atoms with E-state index < -0.39 is 29.7 Å². The summed E-state index contributed by atoms with van der Waals surface area (Å²) in [5.41, 5.74) is -0.571. The Morgan fingerprint density at radius 2 is 1.68 bits per heavy atom. The van der Waals surface area contributed by atoms with Gasteiger partial charge in [0, 0.05) is 6.61 Å². The highest BCUT2D eigenvalue weighted by Gasteiger charge is 2.66. The monoisotopic (exact) mass is 388 g/mol. The quantitative estimate of drug-likeness (QED) is 0.365. The summed E-state index contributed by atoms with van der Waals surface area (Å²) in [7, 11) is 0. The van der Waals surface area contributed by atoms with Crippen LogP contribution in [0.5, 0.6) is 0 Å². The fourth-order valence-corrected chi connectivity index (χ4v) is 3.32. The van der Waals surface area contributed by atoms with Gasteiger partial charge in [-0.3, -0.25) is 9.59 Å². The van der Waals surface area contributed by atoms with E-state index in [1.54, 1.807) is 32.9 Å². The first-order chi connectivity index (χ1) is 13.6. The number of carbonyl (C=O) groups excluding carboxylic acids is 2. The van der Waals surface area contributed by atoms with Gasteiger partial charge in [0.05, 0.1) is 13.2 Å². The number of ether oxygens (including phenoxy) is 4. The van der Waals surface area contributed by atoms with Gasteiger partial charge in [0.1, 0.15) is 6.10 Å². The molecule has 6 heteroatoms. The molecule has 0 aromatic heterocycles. The minimum atomic E-state index is -1.83. The maximum absolute atomic E-state index is 13.2. The number of allylic oxidation sites excluding steroid dienone is 2. The number of rotatable bonds is 9. The Hall–Kier alpha value is -2.44. The van der Waals surface area contributed by atoms with Crippen molar-refractivity contribution in [3.8, 4) is 0 Å². The number of hydrogen-bond acceptors (Lipinski definition) is 6. The Morgan fingerprint density at radius 3 is 2.18 bits per heavy atom. The van der Waals surface area contributed by atoms with Crippen LogP contribution in [0.1, 0.15) is 38.9 Å². The van der Waals surface area contributed by atoms with Crippen LogP contribution in [0.15, 0.2) is 54.6 Å². The van der Waals surface area contributed by atoms with Crippen molar-refractivity contribution < 1.29 is 28.5 Å². The zero-order valence-electron chi connectivity index (χ0n) is 16.7. The zero-order valence-corrected chi connectivity index (χ0v) is 16.7. The molecule has 2 rings (SSSR count). The van der Waals surface area contributed by atoms with Gasteiger partial charge in [0.15, 0.2) is 6.29 Å². The van der Waals surface area contributed by atoms with E-state index in [0.717, 1.165) is 5.56 Å². The molecule has 1 aliphatic heterocycles. The Morgan fingerprint density at radius 1 is 1.07 bits per heavy atom. The van der Waals surface area contributed by atoms with Crippen LogP contribution in [0, 0.1) is 5.41 Å². The van der Waals surface area contributed by atoms with E-state index in [4.69, 9.17) is 18.9 Å². The van der Waals surface area contributed by atoms with Crippen molar-refractivity contribution in [3.63, 3.8) is 0 Å². The summed E-state index contributed by atoms with van der Waals surface area (Å²) in [6.45, 7) is 9.36. The molecule has 0 saturated carbocycles. The smallest absolute Gasteiger partial charge is 0.333 e. The summed E-state index contributed by atoms with van der Waals surface area (Å²) in [5, 5.41) is 0. The van der Waals surface area contributed by atoms with Gasteiger partial charge in [-0.25, -0.2) is 0 Å². The largest absolute Gasteiger partial charge is 0.465 e. The number of benzene rings is 1. The molecule has 152 valence electrons. The molecule has 6 nitrogen and oxygen atoms in total. The van der Waals surface area contributed by atoms with Gasteiger partial charge in [-0.2, -0.15) is 0 Å². The summed E-state index contributed by atoms with van der Waals surface area (Å²) in [6, 6.07) is 9.38. The van der Waals surface area contributed by atoms with Gasteiger partial charge in [-0.05, 0) is 38.3 Å². The maximum Gasteiger partial charge on any atom is 0.333 e. The van der Waals surface area contributed by atoms with E-state index in [1.807, 2.05) is 30.3 Å². The fourth-order valence-electron chi connectivity index (χ4n) is 3.32. The van der Waals surface area contributed by atoms with E-state index in [1.165, 1.54) is 0 Å². The normalized spacial score (nSPS) is 22.0. The first-order valence-corrected chi connectivity index (χ1v) is 9.55. The lowest BCUT2D eigenvalue weighted by molar-refractivity contribution is -0.205. The second-order valence-corrected chi connectivity index (χ2v) is 6.15. The summed E-state index contributed by atoms with van der Waals surface area (Å²) in [5.74, 6) is -1.47. The lowest BCUT2D eigenvalue weighted by atomic mass is 9.77. The molecule has 28 heavy (non-hydrogen) atoms. The molecule has 0 aliphatic carbocycles. The van der Waals surface area contributed by atoms with Crippen LogP contribution in [-0.2, 0) is 28.5 Å². The van der Waals surface area contributed by atoms with Crippen LogP contribution in [0.2, 0.25) is 0 Å². The third-order valence-electron chi connectivity index (χ3n) is 4.47. The minimum Gasteiger partial charge on any atom is -0.465 e. The summed E-state index contributed by atoms with van der Waals surface area (Å²) >= 11 is 0. The molecular formula is C22H28O6. The topological polar surface area (TPSA) is 71.1 Å². The average Bonchev–Trinajstić information content (AvgIpc) is 3.02. The van der Waals surface area contributed by atoms with Crippen LogP contribution < -0.4 is 0 Å². The third-order valence-corrected chi connectivity index (χ3v) is 4.47. The molecule has 1 aliphatic rings. The molecule has 2 unspecified atom stereocenters. The van der Waals surface area contributed by atoms with Gasteiger partial charge in [-0.15, -0.1) is 6.58 Å². The second-order valence-electron chi connectivity index (χ2n) is 6.15. The van der Waals surface area contributed by atoms with E-state index in [0.29, 0.717) is 12.0 Å². The SMILES string of the molecule is C=CC/C=C1\C(c2ccccc2)OC(OCC)C1(C(=O)OCC)C(=O)OCC. The Labute approximate surface area is 166 Å². The fraction of sp³-hybridized carbons (Fsp3) is 0.455. The Bertz CT molecular complexity index is 691. The molecule has 0 radical (unpaired) electrons. The first kappa shape index (κ1) is 21.9. The number of hydrogen-bond donors (Lipinski definition) is 0. The van der Waals surface area contributed by atoms with Crippen LogP contribution >= 0.6 is 0 Å². The molecule has 1 fully saturated rings. The predicted octanol–water partition coefficient (Wildman–Crippen LogP) is 3.74. The predicted molar refractivity (Wildman–Crippen MR) is 104 cm³/mol. The number of carbonyl (C=O) groups is 2. The highest BCUT2D eigenvalue weighted by atomic mass is 16.7. The average molecular weight is 388 g/mol. The molecule has 0 N–H and O–H groups in total. The van der Waals surface area contributed by atoms with Crippen LogP contribution in [0.3, 0.4) is 0 Å². The Kier molecular flexibility index (Phi) is 7.96. The van der Waals surface area contributed by atoms with Crippen LogP contribution in [-0.4, -0.2) is 38.0 Å². The lowest BCUT2D eigenvalue weighted by Gasteiger charge is -2.30. The highest BCUT2D eigenvalue weighted by molar-refractivity contribution is 6.05. The summed E-state index contributed by atoms with van der Waals surface area (Å²) in [6.07, 6.45) is 2.10. The molecule has 2 atom stereocenters. The zero-order chi connectivity index (χ0) is 20.6. The molecule has 1 aromatic rings. The molecule has 0 spiro atoms. The molecular weight excluding hydrogens is 360 g/mol. The summed E-state index contributed by atoms with van der Waals surface area (Å²) < 4.78 is 22.4.